The first-order chi connectivity index (χ1) is 18.5. The van der Waals surface area contributed by atoms with Crippen molar-refractivity contribution in [3.63, 3.8) is 0 Å². The molecule has 0 amide bonds. The molecule has 1 aromatic rings. The number of hydrogen-bond donors (Lipinski definition) is 5. The highest BCUT2D eigenvalue weighted by Crippen LogP contribution is 2.70. The molecule has 0 radical (unpaired) electrons. The summed E-state index contributed by atoms with van der Waals surface area (Å²) in [5, 5.41) is 42.4. The fourth-order valence-electron chi connectivity index (χ4n) is 9.27. The summed E-state index contributed by atoms with van der Waals surface area (Å²) < 4.78 is 17.1. The summed E-state index contributed by atoms with van der Waals surface area (Å²) in [5.74, 6) is 0.736. The largest absolute Gasteiger partial charge is 0.431 e. The van der Waals surface area contributed by atoms with Crippen LogP contribution in [0.2, 0.25) is 0 Å². The van der Waals surface area contributed by atoms with Crippen LogP contribution in [0.4, 0.5) is 0 Å². The first-order valence-corrected chi connectivity index (χ1v) is 14.6. The fourth-order valence-corrected chi connectivity index (χ4v) is 9.27. The smallest absolute Gasteiger partial charge is 0.335 e. The van der Waals surface area contributed by atoms with Gasteiger partial charge < -0.3 is 40.1 Å². The van der Waals surface area contributed by atoms with Crippen LogP contribution in [0.5, 0.6) is 0 Å². The lowest BCUT2D eigenvalue weighted by molar-refractivity contribution is -0.275. The van der Waals surface area contributed by atoms with E-state index in [0.717, 1.165) is 56.9 Å². The number of nitrogens with two attached hydrogens (primary N) is 1. The normalized spacial score (nSPS) is 49.5. The molecule has 5 aliphatic rings. The number of rotatable bonds is 4. The van der Waals surface area contributed by atoms with E-state index in [1.807, 2.05) is 6.07 Å². The van der Waals surface area contributed by atoms with E-state index in [0.29, 0.717) is 5.92 Å². The van der Waals surface area contributed by atoms with Gasteiger partial charge in [-0.3, -0.25) is 0 Å². The molecule has 0 spiro atoms. The molecular weight excluding hydrogens is 502 g/mol. The molecule has 2 heterocycles. The van der Waals surface area contributed by atoms with Gasteiger partial charge in [0.2, 0.25) is 0 Å². The van der Waals surface area contributed by atoms with Gasteiger partial charge in [-0.05, 0) is 86.2 Å². The van der Waals surface area contributed by atoms with Crippen molar-refractivity contribution < 1.29 is 34.3 Å². The van der Waals surface area contributed by atoms with E-state index in [1.165, 1.54) is 11.6 Å². The molecule has 1 saturated heterocycles. The van der Waals surface area contributed by atoms with Gasteiger partial charge in [-0.25, -0.2) is 4.79 Å². The highest BCUT2D eigenvalue weighted by atomic mass is 16.7. The van der Waals surface area contributed by atoms with E-state index in [4.69, 9.17) is 19.6 Å². The van der Waals surface area contributed by atoms with Gasteiger partial charge in [0.25, 0.3) is 0 Å². The molecule has 3 saturated carbocycles. The van der Waals surface area contributed by atoms with Crippen molar-refractivity contribution in [3.8, 4) is 0 Å². The van der Waals surface area contributed by atoms with Crippen LogP contribution in [0.3, 0.4) is 0 Å². The summed E-state index contributed by atoms with van der Waals surface area (Å²) >= 11 is 0. The molecule has 39 heavy (non-hydrogen) atoms. The Labute approximate surface area is 229 Å². The topological polar surface area (TPSA) is 156 Å². The van der Waals surface area contributed by atoms with Crippen LogP contribution < -0.4 is 11.4 Å². The maximum atomic E-state index is 12.4. The summed E-state index contributed by atoms with van der Waals surface area (Å²) in [6.07, 6.45) is 6.28. The number of allylic oxidation sites excluding steroid dienone is 1. The number of aliphatic hydroxyl groups is 4. The molecule has 9 nitrogen and oxygen atoms in total. The maximum absolute atomic E-state index is 12.4. The van der Waals surface area contributed by atoms with Gasteiger partial charge in [0.05, 0.1) is 30.6 Å². The van der Waals surface area contributed by atoms with Crippen LogP contribution in [0.1, 0.15) is 76.7 Å². The first-order valence-electron chi connectivity index (χ1n) is 14.6. The average Bonchev–Trinajstić information content (AvgIpc) is 3.20. The van der Waals surface area contributed by atoms with Crippen LogP contribution >= 0.6 is 0 Å². The molecule has 0 aromatic carbocycles. The Bertz CT molecular complexity index is 1150. The van der Waals surface area contributed by atoms with Gasteiger partial charge in [-0.15, -0.1) is 0 Å². The summed E-state index contributed by atoms with van der Waals surface area (Å²) in [6, 6.07) is 2.44. The zero-order valence-electron chi connectivity index (χ0n) is 22.9. The molecular formula is C30H43NO8. The Morgan fingerprint density at radius 1 is 1.05 bits per heavy atom. The third-order valence-electron chi connectivity index (χ3n) is 11.6. The minimum atomic E-state index is -1.26. The van der Waals surface area contributed by atoms with Crippen molar-refractivity contribution >= 4 is 0 Å². The van der Waals surface area contributed by atoms with Crippen molar-refractivity contribution in [1.29, 1.82) is 0 Å². The second-order valence-corrected chi connectivity index (χ2v) is 13.2. The van der Waals surface area contributed by atoms with Crippen LogP contribution in [-0.4, -0.2) is 69.4 Å². The molecule has 4 aliphatic carbocycles. The second kappa shape index (κ2) is 9.76. The molecule has 6 N–H and O–H groups in total. The quantitative estimate of drug-likeness (QED) is 0.357. The zero-order valence-corrected chi connectivity index (χ0v) is 22.9. The van der Waals surface area contributed by atoms with Crippen LogP contribution in [0.15, 0.2) is 39.3 Å². The molecule has 12 atom stereocenters. The molecule has 1 aliphatic heterocycles. The number of ether oxygens (including phenoxy) is 2. The zero-order chi connectivity index (χ0) is 27.7. The Morgan fingerprint density at radius 3 is 2.56 bits per heavy atom. The molecule has 9 heteroatoms. The Morgan fingerprint density at radius 2 is 1.85 bits per heavy atom. The fraction of sp³-hybridized carbons (Fsp3) is 0.767. The average molecular weight is 546 g/mol. The molecule has 0 bridgehead atoms. The van der Waals surface area contributed by atoms with E-state index >= 15 is 0 Å². The van der Waals surface area contributed by atoms with Crippen molar-refractivity contribution in [2.24, 2.45) is 28.4 Å². The lowest BCUT2D eigenvalue weighted by atomic mass is 9.45. The molecule has 4 unspecified atom stereocenters. The third kappa shape index (κ3) is 4.11. The van der Waals surface area contributed by atoms with Crippen LogP contribution in [0, 0.1) is 22.7 Å². The van der Waals surface area contributed by atoms with Gasteiger partial charge in [-0.1, -0.05) is 25.5 Å². The molecule has 216 valence electrons. The maximum Gasteiger partial charge on any atom is 0.335 e. The SMILES string of the molecule is C[C@]12CC[C@H](O[C@@H]3OC(CO)[C@@H](O)[C@H](O)C3N)C=C1CCC1C2CC[C@]2(C)[C@@H](c3ccc(=O)oc3)CC[C@]12O. The van der Waals surface area contributed by atoms with Crippen LogP contribution in [-0.2, 0) is 9.47 Å². The van der Waals surface area contributed by atoms with Gasteiger partial charge in [0, 0.05) is 11.5 Å². The summed E-state index contributed by atoms with van der Waals surface area (Å²) in [6.45, 7) is 4.16. The highest BCUT2D eigenvalue weighted by Gasteiger charge is 2.66. The highest BCUT2D eigenvalue weighted by molar-refractivity contribution is 5.31. The summed E-state index contributed by atoms with van der Waals surface area (Å²) in [5.41, 5.74) is 7.07. The predicted molar refractivity (Wildman–Crippen MR) is 141 cm³/mol. The van der Waals surface area contributed by atoms with Crippen molar-refractivity contribution in [2.45, 2.75) is 113 Å². The van der Waals surface area contributed by atoms with Crippen LogP contribution in [0.25, 0.3) is 0 Å². The standard InChI is InChI=1S/C30H43NO8/c1-28-10-7-18(38-27-24(31)26(35)25(34)22(14-32)39-27)13-17(28)4-5-21-20(28)8-11-29(2)19(9-12-30(21,29)36)16-3-6-23(33)37-15-16/h3,6,13,15,18-22,24-27,32,34-36H,4-5,7-12,14,31H2,1-2H3/t18-,19+,20?,21?,22?,24?,25+,26+,27+,28-,29+,30-/m0/s1. The van der Waals surface area contributed by atoms with E-state index < -0.39 is 42.9 Å². The second-order valence-electron chi connectivity index (χ2n) is 13.2. The third-order valence-corrected chi connectivity index (χ3v) is 11.6. The Balaban J connectivity index is 1.21. The summed E-state index contributed by atoms with van der Waals surface area (Å²) in [7, 11) is 0. The van der Waals surface area contributed by atoms with E-state index in [9.17, 15) is 25.2 Å². The Hall–Kier alpha value is -1.59. The summed E-state index contributed by atoms with van der Waals surface area (Å²) in [4.78, 5) is 11.6. The minimum Gasteiger partial charge on any atom is -0.431 e. The Kier molecular flexibility index (Phi) is 6.90. The lowest BCUT2D eigenvalue weighted by Gasteiger charge is -2.62. The van der Waals surface area contributed by atoms with E-state index in [-0.39, 0.29) is 34.4 Å². The number of aliphatic hydroxyl groups excluding tert-OH is 3. The monoisotopic (exact) mass is 545 g/mol. The predicted octanol–water partition coefficient (Wildman–Crippen LogP) is 1.95. The molecule has 4 fully saturated rings. The van der Waals surface area contributed by atoms with Gasteiger partial charge in [0.15, 0.2) is 6.29 Å². The van der Waals surface area contributed by atoms with Crippen molar-refractivity contribution in [3.05, 3.63) is 46.0 Å². The molecule has 6 rings (SSSR count). The minimum absolute atomic E-state index is 0.0314. The van der Waals surface area contributed by atoms with E-state index in [2.05, 4.69) is 19.9 Å². The van der Waals surface area contributed by atoms with Crippen molar-refractivity contribution in [1.82, 2.24) is 0 Å². The van der Waals surface area contributed by atoms with Gasteiger partial charge in [0.1, 0.15) is 18.3 Å². The molecule has 1 aromatic heterocycles. The van der Waals surface area contributed by atoms with Crippen molar-refractivity contribution in [2.75, 3.05) is 6.61 Å². The number of fused-ring (bicyclic) bond motifs is 5. The van der Waals surface area contributed by atoms with Gasteiger partial charge in [-0.2, -0.15) is 0 Å². The van der Waals surface area contributed by atoms with Gasteiger partial charge >= 0.3 is 5.63 Å². The first kappa shape index (κ1) is 27.6. The van der Waals surface area contributed by atoms with E-state index in [1.54, 1.807) is 6.26 Å². The lowest BCUT2D eigenvalue weighted by Crippen LogP contribution is -2.63. The number of hydrogen-bond acceptors (Lipinski definition) is 9.